The summed E-state index contributed by atoms with van der Waals surface area (Å²) in [6.07, 6.45) is 1.93. The number of imidazole rings is 1. The number of aromatic nitrogens is 4. The number of esters is 1. The first-order valence-electron chi connectivity index (χ1n) is 12.3. The number of nitrogens with one attached hydrogen (secondary N) is 1. The lowest BCUT2D eigenvalue weighted by Crippen LogP contribution is -2.48. The highest BCUT2D eigenvalue weighted by Crippen LogP contribution is 2.46. The summed E-state index contributed by atoms with van der Waals surface area (Å²) in [4.78, 5) is 25.2. The third kappa shape index (κ3) is 6.48. The van der Waals surface area contributed by atoms with E-state index in [9.17, 15) is 9.36 Å². The maximum Gasteiger partial charge on any atom is 0.342 e. The number of hydrogen-bond donors (Lipinski definition) is 2. The largest absolute Gasteiger partial charge is 0.462 e. The smallest absolute Gasteiger partial charge is 0.342 e. The predicted molar refractivity (Wildman–Crippen MR) is 146 cm³/mol. The molecular formula is C26H33N6O5P. The van der Waals surface area contributed by atoms with E-state index >= 15 is 0 Å². The summed E-state index contributed by atoms with van der Waals surface area (Å²) in [5, 5.41) is 4.85. The minimum absolute atomic E-state index is 0.287. The van der Waals surface area contributed by atoms with Crippen LogP contribution < -0.4 is 15.3 Å². The third-order valence-electron chi connectivity index (χ3n) is 5.69. The van der Waals surface area contributed by atoms with Crippen molar-refractivity contribution in [2.24, 2.45) is 0 Å². The lowest BCUT2D eigenvalue weighted by atomic mass is 10.1. The number of nitrogens with zero attached hydrogens (tertiary/aromatic N) is 4. The second-order valence-corrected chi connectivity index (χ2v) is 11.9. The second-order valence-electron chi connectivity index (χ2n) is 9.90. The van der Waals surface area contributed by atoms with Crippen molar-refractivity contribution < 1.29 is 23.4 Å². The molecule has 202 valence electrons. The molecule has 4 aromatic rings. The fourth-order valence-corrected chi connectivity index (χ4v) is 5.91. The fourth-order valence-electron chi connectivity index (χ4n) is 3.90. The van der Waals surface area contributed by atoms with Gasteiger partial charge in [-0.1, -0.05) is 30.3 Å². The molecule has 0 spiro atoms. The lowest BCUT2D eigenvalue weighted by molar-refractivity contribution is -0.153. The van der Waals surface area contributed by atoms with Crippen molar-refractivity contribution in [2.75, 3.05) is 12.1 Å². The van der Waals surface area contributed by atoms with Crippen LogP contribution in [-0.4, -0.2) is 49.6 Å². The second kappa shape index (κ2) is 11.1. The molecule has 38 heavy (non-hydrogen) atoms. The van der Waals surface area contributed by atoms with Crippen LogP contribution in [0.25, 0.3) is 21.9 Å². The highest BCUT2D eigenvalue weighted by Gasteiger charge is 2.40. The van der Waals surface area contributed by atoms with E-state index in [4.69, 9.17) is 19.7 Å². The van der Waals surface area contributed by atoms with E-state index in [1.807, 2.05) is 37.3 Å². The summed E-state index contributed by atoms with van der Waals surface area (Å²) >= 11 is 0. The molecule has 12 heteroatoms. The van der Waals surface area contributed by atoms with Crippen molar-refractivity contribution >= 4 is 41.2 Å². The summed E-state index contributed by atoms with van der Waals surface area (Å²) in [6.45, 7) is 8.89. The Kier molecular flexibility index (Phi) is 8.01. The number of carbonyl (C=O) groups is 1. The van der Waals surface area contributed by atoms with Crippen molar-refractivity contribution in [1.82, 2.24) is 24.6 Å². The van der Waals surface area contributed by atoms with Crippen molar-refractivity contribution in [3.05, 3.63) is 55.1 Å². The molecule has 2 atom stereocenters. The highest BCUT2D eigenvalue weighted by molar-refractivity contribution is 7.57. The van der Waals surface area contributed by atoms with Gasteiger partial charge in [0, 0.05) is 0 Å². The molecule has 3 N–H and O–H groups in total. The molecule has 4 rings (SSSR count). The zero-order chi connectivity index (χ0) is 27.5. The molecule has 0 bridgehead atoms. The first-order valence-corrected chi connectivity index (χ1v) is 14.1. The monoisotopic (exact) mass is 540 g/mol. The SMILES string of the molecule is CC(C)OC(=O)C(C)(C)NP(=O)(COC(C)Cn1cnc2c(N)ncnc21)Oc1ccc2ccccc2c1. The molecule has 0 saturated carbocycles. The molecule has 2 aromatic heterocycles. The zero-order valence-electron chi connectivity index (χ0n) is 22.1. The third-order valence-corrected chi connectivity index (χ3v) is 7.58. The summed E-state index contributed by atoms with van der Waals surface area (Å²) in [5.74, 6) is 0.122. The lowest BCUT2D eigenvalue weighted by Gasteiger charge is -2.31. The van der Waals surface area contributed by atoms with Crippen molar-refractivity contribution in [2.45, 2.75) is 58.9 Å². The first-order chi connectivity index (χ1) is 18.0. The van der Waals surface area contributed by atoms with Gasteiger partial charge >= 0.3 is 13.5 Å². The average Bonchev–Trinajstić information content (AvgIpc) is 3.26. The number of rotatable bonds is 11. The number of anilines is 1. The molecular weight excluding hydrogens is 507 g/mol. The van der Waals surface area contributed by atoms with Crippen LogP contribution in [0.2, 0.25) is 0 Å². The van der Waals surface area contributed by atoms with Crippen LogP contribution in [0, 0.1) is 0 Å². The average molecular weight is 541 g/mol. The Morgan fingerprint density at radius 1 is 1.11 bits per heavy atom. The van der Waals surface area contributed by atoms with Crippen LogP contribution in [0.5, 0.6) is 5.75 Å². The van der Waals surface area contributed by atoms with Gasteiger partial charge < -0.3 is 24.3 Å². The van der Waals surface area contributed by atoms with Gasteiger partial charge in [0.25, 0.3) is 0 Å². The number of fused-ring (bicyclic) bond motifs is 2. The van der Waals surface area contributed by atoms with Crippen LogP contribution in [0.3, 0.4) is 0 Å². The van der Waals surface area contributed by atoms with E-state index in [1.54, 1.807) is 50.7 Å². The van der Waals surface area contributed by atoms with Gasteiger partial charge in [-0.15, -0.1) is 0 Å². The van der Waals surface area contributed by atoms with Crippen molar-refractivity contribution in [3.63, 3.8) is 0 Å². The van der Waals surface area contributed by atoms with Gasteiger partial charge in [-0.2, -0.15) is 0 Å². The molecule has 2 unspecified atom stereocenters. The number of ether oxygens (including phenoxy) is 2. The topological polar surface area (TPSA) is 143 Å². The summed E-state index contributed by atoms with van der Waals surface area (Å²) in [5.41, 5.74) is 5.64. The Morgan fingerprint density at radius 3 is 2.58 bits per heavy atom. The van der Waals surface area contributed by atoms with E-state index in [0.717, 1.165) is 10.8 Å². The van der Waals surface area contributed by atoms with Crippen LogP contribution in [0.4, 0.5) is 5.82 Å². The number of benzene rings is 2. The van der Waals surface area contributed by atoms with Gasteiger partial charge in [0.05, 0.1) is 25.1 Å². The maximum atomic E-state index is 14.2. The molecule has 0 aliphatic heterocycles. The van der Waals surface area contributed by atoms with E-state index in [-0.39, 0.29) is 18.3 Å². The number of carbonyl (C=O) groups excluding carboxylic acids is 1. The van der Waals surface area contributed by atoms with Crippen LogP contribution in [0.15, 0.2) is 55.1 Å². The molecule has 2 heterocycles. The van der Waals surface area contributed by atoms with Gasteiger partial charge in [0.1, 0.15) is 29.5 Å². The van der Waals surface area contributed by atoms with Crippen molar-refractivity contribution in [3.8, 4) is 5.75 Å². The molecule has 0 fully saturated rings. The maximum absolute atomic E-state index is 14.2. The molecule has 0 aliphatic rings. The van der Waals surface area contributed by atoms with Crippen LogP contribution in [0.1, 0.15) is 34.6 Å². The molecule has 0 aliphatic carbocycles. The number of nitrogen functional groups attached to an aromatic ring is 1. The van der Waals surface area contributed by atoms with E-state index in [0.29, 0.717) is 23.5 Å². The van der Waals surface area contributed by atoms with Crippen LogP contribution >= 0.6 is 7.52 Å². The Labute approximate surface area is 221 Å². The minimum atomic E-state index is -3.78. The molecule has 0 saturated heterocycles. The molecule has 0 amide bonds. The fraction of sp³-hybridized carbons (Fsp3) is 0.385. The summed E-state index contributed by atoms with van der Waals surface area (Å²) < 4.78 is 33.3. The van der Waals surface area contributed by atoms with Crippen LogP contribution in [-0.2, 0) is 25.4 Å². The van der Waals surface area contributed by atoms with Gasteiger partial charge in [0.15, 0.2) is 11.5 Å². The van der Waals surface area contributed by atoms with Gasteiger partial charge in [0.2, 0.25) is 0 Å². The Hall–Kier alpha value is -3.53. The minimum Gasteiger partial charge on any atom is -0.462 e. The standard InChI is InChI=1S/C26H33N6O5P/c1-17(2)36-25(33)26(4,5)31-38(34,37-21-11-10-19-8-6-7-9-20(19)12-21)16-35-18(3)13-32-15-30-22-23(27)28-14-29-24(22)32/h6-12,14-15,17-18H,13,16H2,1-5H3,(H,31,34)(H2,27,28,29). The quantitative estimate of drug-likeness (QED) is 0.206. The molecule has 11 nitrogen and oxygen atoms in total. The highest BCUT2D eigenvalue weighted by atomic mass is 31.2. The van der Waals surface area contributed by atoms with Gasteiger partial charge in [-0.3, -0.25) is 9.36 Å². The Morgan fingerprint density at radius 2 is 1.84 bits per heavy atom. The zero-order valence-corrected chi connectivity index (χ0v) is 23.0. The van der Waals surface area contributed by atoms with E-state index in [2.05, 4.69) is 20.0 Å². The molecule has 2 aromatic carbocycles. The summed E-state index contributed by atoms with van der Waals surface area (Å²) in [7, 11) is -3.78. The van der Waals surface area contributed by atoms with Gasteiger partial charge in [-0.05, 0) is 57.5 Å². The predicted octanol–water partition coefficient (Wildman–Crippen LogP) is 4.52. The number of hydrogen-bond acceptors (Lipinski definition) is 9. The summed E-state index contributed by atoms with van der Waals surface area (Å²) in [6, 6.07) is 13.2. The van der Waals surface area contributed by atoms with Crippen molar-refractivity contribution in [1.29, 1.82) is 0 Å². The Bertz CT molecular complexity index is 1490. The normalized spacial score (nSPS) is 14.5. The number of nitrogens with two attached hydrogens (primary N) is 1. The van der Waals surface area contributed by atoms with Gasteiger partial charge in [-0.25, -0.2) is 20.0 Å². The molecule has 0 radical (unpaired) electrons. The Balaban J connectivity index is 1.54. The van der Waals surface area contributed by atoms with E-state index in [1.165, 1.54) is 6.33 Å². The van der Waals surface area contributed by atoms with E-state index < -0.39 is 25.1 Å². The first kappa shape index (κ1) is 27.5.